The lowest BCUT2D eigenvalue weighted by Gasteiger charge is -1.99. The molecule has 0 atom stereocenters. The molecular formula is C5H13OP. The number of aliphatic hydroxyl groups is 1. The van der Waals surface area contributed by atoms with Crippen LogP contribution in [0.15, 0.2) is 0 Å². The van der Waals surface area contributed by atoms with Crippen LogP contribution in [-0.2, 0) is 0 Å². The number of rotatable bonds is 3. The van der Waals surface area contributed by atoms with Gasteiger partial charge in [-0.2, -0.15) is 0 Å². The van der Waals surface area contributed by atoms with Gasteiger partial charge in [0.25, 0.3) is 0 Å². The zero-order valence-electron chi connectivity index (χ0n) is 5.02. The molecule has 0 amide bonds. The van der Waals surface area contributed by atoms with Gasteiger partial charge in [0.05, 0.1) is 0 Å². The van der Waals surface area contributed by atoms with E-state index in [0.29, 0.717) is 6.61 Å². The molecule has 0 saturated carbocycles. The van der Waals surface area contributed by atoms with Gasteiger partial charge in [-0.25, -0.2) is 0 Å². The van der Waals surface area contributed by atoms with Crippen molar-refractivity contribution >= 4 is 7.92 Å². The molecule has 0 aliphatic carbocycles. The van der Waals surface area contributed by atoms with Crippen molar-refractivity contribution in [1.82, 2.24) is 0 Å². The van der Waals surface area contributed by atoms with Gasteiger partial charge in [-0.05, 0) is 25.9 Å². The Kier molecular flexibility index (Phi) is 4.80. The molecule has 2 heteroatoms. The fraction of sp³-hybridized carbons (Fsp3) is 1.00. The van der Waals surface area contributed by atoms with E-state index >= 15 is 0 Å². The highest BCUT2D eigenvalue weighted by molar-refractivity contribution is 7.55. The highest BCUT2D eigenvalue weighted by atomic mass is 31.1. The van der Waals surface area contributed by atoms with Crippen LogP contribution in [0.2, 0.25) is 0 Å². The standard InChI is InChI=1S/C5H13OP/c1-7(2)5-3-4-6/h6H,3-5H2,1-2H3. The van der Waals surface area contributed by atoms with Gasteiger partial charge in [-0.15, -0.1) is 7.92 Å². The molecule has 44 valence electrons. The maximum atomic E-state index is 8.33. The normalized spacial score (nSPS) is 10.3. The fourth-order valence-electron chi connectivity index (χ4n) is 0.387. The molecule has 0 aromatic carbocycles. The van der Waals surface area contributed by atoms with Crippen molar-refractivity contribution in [2.45, 2.75) is 6.42 Å². The summed E-state index contributed by atoms with van der Waals surface area (Å²) in [6.45, 7) is 4.82. The van der Waals surface area contributed by atoms with Crippen LogP contribution in [0.5, 0.6) is 0 Å². The van der Waals surface area contributed by atoms with E-state index in [2.05, 4.69) is 13.3 Å². The van der Waals surface area contributed by atoms with Gasteiger partial charge in [0.2, 0.25) is 0 Å². The van der Waals surface area contributed by atoms with Crippen molar-refractivity contribution in [2.24, 2.45) is 0 Å². The third-order valence-corrected chi connectivity index (χ3v) is 1.97. The molecule has 0 rings (SSSR count). The van der Waals surface area contributed by atoms with Crippen LogP contribution in [0, 0.1) is 0 Å². The summed E-state index contributed by atoms with van der Waals surface area (Å²) in [7, 11) is 0.234. The van der Waals surface area contributed by atoms with Crippen LogP contribution in [0.1, 0.15) is 6.42 Å². The maximum Gasteiger partial charge on any atom is 0.0434 e. The number of hydrogen-bond donors (Lipinski definition) is 1. The molecule has 0 fully saturated rings. The molecule has 1 N–H and O–H groups in total. The zero-order chi connectivity index (χ0) is 5.70. The summed E-state index contributed by atoms with van der Waals surface area (Å²) in [5, 5.41) is 8.33. The monoisotopic (exact) mass is 120 g/mol. The molecule has 1 nitrogen and oxygen atoms in total. The van der Waals surface area contributed by atoms with Crippen LogP contribution in [0.25, 0.3) is 0 Å². The lowest BCUT2D eigenvalue weighted by molar-refractivity contribution is 0.296. The van der Waals surface area contributed by atoms with Crippen LogP contribution in [0.3, 0.4) is 0 Å². The molecular weight excluding hydrogens is 107 g/mol. The molecule has 0 spiro atoms. The minimum atomic E-state index is 0.234. The van der Waals surface area contributed by atoms with Gasteiger partial charge >= 0.3 is 0 Å². The summed E-state index contributed by atoms with van der Waals surface area (Å²) in [6, 6.07) is 0. The van der Waals surface area contributed by atoms with E-state index in [0.717, 1.165) is 6.42 Å². The van der Waals surface area contributed by atoms with Crippen LogP contribution in [-0.4, -0.2) is 31.2 Å². The van der Waals surface area contributed by atoms with Crippen LogP contribution >= 0.6 is 7.92 Å². The average molecular weight is 120 g/mol. The van der Waals surface area contributed by atoms with Crippen molar-refractivity contribution in [3.63, 3.8) is 0 Å². The Hall–Kier alpha value is 0.390. The van der Waals surface area contributed by atoms with E-state index in [1.807, 2.05) is 0 Å². The second-order valence-corrected chi connectivity index (χ2v) is 4.49. The Morgan fingerprint density at radius 1 is 1.43 bits per heavy atom. The highest BCUT2D eigenvalue weighted by Gasteiger charge is 1.88. The van der Waals surface area contributed by atoms with E-state index in [1.54, 1.807) is 0 Å². The van der Waals surface area contributed by atoms with Gasteiger partial charge in [-0.3, -0.25) is 0 Å². The van der Waals surface area contributed by atoms with E-state index in [1.165, 1.54) is 6.16 Å². The first-order valence-electron chi connectivity index (χ1n) is 2.53. The largest absolute Gasteiger partial charge is 0.396 e. The summed E-state index contributed by atoms with van der Waals surface area (Å²) in [5.41, 5.74) is 0. The molecule has 7 heavy (non-hydrogen) atoms. The van der Waals surface area contributed by atoms with Gasteiger partial charge in [-0.1, -0.05) is 0 Å². The van der Waals surface area contributed by atoms with E-state index in [9.17, 15) is 0 Å². The molecule has 0 saturated heterocycles. The van der Waals surface area contributed by atoms with E-state index in [4.69, 9.17) is 5.11 Å². The predicted molar refractivity (Wildman–Crippen MR) is 35.3 cm³/mol. The van der Waals surface area contributed by atoms with Crippen molar-refractivity contribution in [3.8, 4) is 0 Å². The third kappa shape index (κ3) is 6.39. The first-order valence-corrected chi connectivity index (χ1v) is 4.95. The summed E-state index contributed by atoms with van der Waals surface area (Å²) in [6.07, 6.45) is 2.20. The summed E-state index contributed by atoms with van der Waals surface area (Å²) < 4.78 is 0. The summed E-state index contributed by atoms with van der Waals surface area (Å²) in [4.78, 5) is 0. The van der Waals surface area contributed by atoms with E-state index < -0.39 is 0 Å². The minimum Gasteiger partial charge on any atom is -0.396 e. The Balaban J connectivity index is 2.68. The van der Waals surface area contributed by atoms with Crippen LogP contribution < -0.4 is 0 Å². The molecule has 0 heterocycles. The van der Waals surface area contributed by atoms with Gasteiger partial charge in [0.1, 0.15) is 0 Å². The summed E-state index contributed by atoms with van der Waals surface area (Å²) in [5.74, 6) is 0. The second-order valence-electron chi connectivity index (χ2n) is 1.88. The second kappa shape index (κ2) is 4.55. The Labute approximate surface area is 46.5 Å². The Morgan fingerprint density at radius 2 is 2.00 bits per heavy atom. The maximum absolute atomic E-state index is 8.33. The Bertz CT molecular complexity index is 37.1. The summed E-state index contributed by atoms with van der Waals surface area (Å²) >= 11 is 0. The first kappa shape index (κ1) is 7.39. The minimum absolute atomic E-state index is 0.234. The Morgan fingerprint density at radius 3 is 2.14 bits per heavy atom. The predicted octanol–water partition coefficient (Wildman–Crippen LogP) is 1.11. The first-order chi connectivity index (χ1) is 3.27. The lowest BCUT2D eigenvalue weighted by Crippen LogP contribution is -1.85. The molecule has 0 aromatic rings. The molecule has 0 aliphatic rings. The van der Waals surface area contributed by atoms with Gasteiger partial charge < -0.3 is 5.11 Å². The van der Waals surface area contributed by atoms with Crippen molar-refractivity contribution < 1.29 is 5.11 Å². The average Bonchev–Trinajstić information content (AvgIpc) is 1.61. The molecule has 0 unspecified atom stereocenters. The van der Waals surface area contributed by atoms with Gasteiger partial charge in [0.15, 0.2) is 0 Å². The SMILES string of the molecule is CP(C)CCCO. The number of hydrogen-bond acceptors (Lipinski definition) is 1. The van der Waals surface area contributed by atoms with Crippen molar-refractivity contribution in [2.75, 3.05) is 26.1 Å². The lowest BCUT2D eigenvalue weighted by atomic mass is 10.5. The third-order valence-electron chi connectivity index (χ3n) is 0.763. The smallest absolute Gasteiger partial charge is 0.0434 e. The quantitative estimate of drug-likeness (QED) is 0.553. The van der Waals surface area contributed by atoms with Crippen molar-refractivity contribution in [1.29, 1.82) is 0 Å². The zero-order valence-corrected chi connectivity index (χ0v) is 5.91. The topological polar surface area (TPSA) is 20.2 Å². The number of aliphatic hydroxyl groups excluding tert-OH is 1. The molecule has 0 aromatic heterocycles. The fourth-order valence-corrected chi connectivity index (χ4v) is 1.16. The molecule has 0 radical (unpaired) electrons. The molecule has 0 bridgehead atoms. The molecule has 0 aliphatic heterocycles. The van der Waals surface area contributed by atoms with Gasteiger partial charge in [0, 0.05) is 6.61 Å². The highest BCUT2D eigenvalue weighted by Crippen LogP contribution is 2.24. The van der Waals surface area contributed by atoms with Crippen molar-refractivity contribution in [3.05, 3.63) is 0 Å². The van der Waals surface area contributed by atoms with E-state index in [-0.39, 0.29) is 7.92 Å². The van der Waals surface area contributed by atoms with Crippen LogP contribution in [0.4, 0.5) is 0 Å².